The molecule has 1 fully saturated rings. The van der Waals surface area contributed by atoms with Gasteiger partial charge in [-0.3, -0.25) is 9.36 Å². The van der Waals surface area contributed by atoms with Gasteiger partial charge in [0, 0.05) is 18.7 Å². The van der Waals surface area contributed by atoms with Crippen LogP contribution in [0, 0.1) is 6.92 Å². The second kappa shape index (κ2) is 11.3. The molecule has 2 heterocycles. The lowest BCUT2D eigenvalue weighted by molar-refractivity contribution is -0.118. The van der Waals surface area contributed by atoms with E-state index < -0.39 is 0 Å². The van der Waals surface area contributed by atoms with Gasteiger partial charge in [0.25, 0.3) is 0 Å². The first-order valence-corrected chi connectivity index (χ1v) is 12.3. The van der Waals surface area contributed by atoms with E-state index in [9.17, 15) is 4.79 Å². The minimum absolute atomic E-state index is 0.00810. The number of rotatable bonds is 10. The van der Waals surface area contributed by atoms with Gasteiger partial charge in [-0.25, -0.2) is 0 Å². The first-order valence-electron chi connectivity index (χ1n) is 11.3. The molecule has 1 aliphatic rings. The van der Waals surface area contributed by atoms with Gasteiger partial charge in [0.1, 0.15) is 5.75 Å². The molecule has 4 rings (SSSR count). The van der Waals surface area contributed by atoms with Gasteiger partial charge >= 0.3 is 0 Å². The number of methoxy groups -OCH3 is 1. The SMILES string of the molecule is COc1ccc(-c2nnc(SCC(=O)NCCc3ccccc3C)n2CC2CCCO2)cc1. The maximum absolute atomic E-state index is 12.5. The van der Waals surface area contributed by atoms with Gasteiger partial charge in [0.2, 0.25) is 5.91 Å². The zero-order valence-corrected chi connectivity index (χ0v) is 19.9. The summed E-state index contributed by atoms with van der Waals surface area (Å²) < 4.78 is 13.2. The van der Waals surface area contributed by atoms with Gasteiger partial charge in [-0.2, -0.15) is 0 Å². The predicted octanol–water partition coefficient (Wildman–Crippen LogP) is 3.89. The molecule has 7 nitrogen and oxygen atoms in total. The number of benzene rings is 2. The average Bonchev–Trinajstić information content (AvgIpc) is 3.49. The van der Waals surface area contributed by atoms with Crippen LogP contribution in [0.15, 0.2) is 53.7 Å². The molecule has 1 atom stereocenters. The van der Waals surface area contributed by atoms with Crippen molar-refractivity contribution in [3.63, 3.8) is 0 Å². The van der Waals surface area contributed by atoms with Gasteiger partial charge in [-0.05, 0) is 61.6 Å². The van der Waals surface area contributed by atoms with Crippen molar-refractivity contribution in [2.45, 2.75) is 44.0 Å². The Morgan fingerprint density at radius 1 is 1.21 bits per heavy atom. The van der Waals surface area contributed by atoms with Crippen LogP contribution in [0.5, 0.6) is 5.75 Å². The number of carbonyl (C=O) groups excluding carboxylic acids is 1. The smallest absolute Gasteiger partial charge is 0.230 e. The first kappa shape index (κ1) is 23.3. The van der Waals surface area contributed by atoms with E-state index in [1.807, 2.05) is 36.4 Å². The third-order valence-electron chi connectivity index (χ3n) is 5.79. The number of carbonyl (C=O) groups is 1. The predicted molar refractivity (Wildman–Crippen MR) is 130 cm³/mol. The maximum Gasteiger partial charge on any atom is 0.230 e. The van der Waals surface area contributed by atoms with Crippen LogP contribution < -0.4 is 10.1 Å². The number of hydrogen-bond acceptors (Lipinski definition) is 6. The van der Waals surface area contributed by atoms with Crippen LogP contribution in [-0.2, 0) is 22.5 Å². The summed E-state index contributed by atoms with van der Waals surface area (Å²) >= 11 is 1.41. The Kier molecular flexibility index (Phi) is 8.01. The number of ether oxygens (including phenoxy) is 2. The van der Waals surface area contributed by atoms with E-state index >= 15 is 0 Å². The van der Waals surface area contributed by atoms with Crippen molar-refractivity contribution in [1.82, 2.24) is 20.1 Å². The number of aromatic nitrogens is 3. The van der Waals surface area contributed by atoms with E-state index in [0.717, 1.165) is 48.2 Å². The highest BCUT2D eigenvalue weighted by atomic mass is 32.2. The van der Waals surface area contributed by atoms with Gasteiger partial charge in [-0.15, -0.1) is 10.2 Å². The molecule has 0 saturated carbocycles. The molecule has 1 aromatic heterocycles. The van der Waals surface area contributed by atoms with Crippen LogP contribution in [-0.4, -0.2) is 52.8 Å². The highest BCUT2D eigenvalue weighted by Crippen LogP contribution is 2.27. The van der Waals surface area contributed by atoms with E-state index in [1.165, 1.54) is 22.9 Å². The summed E-state index contributed by atoms with van der Waals surface area (Å²) in [5, 5.41) is 12.6. The zero-order valence-electron chi connectivity index (χ0n) is 19.1. The van der Waals surface area contributed by atoms with E-state index in [0.29, 0.717) is 18.8 Å². The fraction of sp³-hybridized carbons (Fsp3) is 0.400. The van der Waals surface area contributed by atoms with Crippen LogP contribution >= 0.6 is 11.8 Å². The highest BCUT2D eigenvalue weighted by molar-refractivity contribution is 7.99. The van der Waals surface area contributed by atoms with E-state index in [1.54, 1.807) is 7.11 Å². The van der Waals surface area contributed by atoms with E-state index in [-0.39, 0.29) is 12.0 Å². The standard InChI is InChI=1S/C25H30N4O3S/c1-18-6-3-4-7-19(18)13-14-26-23(30)17-33-25-28-27-24(20-9-11-21(31-2)12-10-20)29(25)16-22-8-5-15-32-22/h3-4,6-7,9-12,22H,5,8,13-17H2,1-2H3,(H,26,30). The molecule has 1 saturated heterocycles. The number of nitrogens with zero attached hydrogens (tertiary/aromatic N) is 3. The van der Waals surface area contributed by atoms with Gasteiger partial charge < -0.3 is 14.8 Å². The number of amides is 1. The quantitative estimate of drug-likeness (QED) is 0.457. The Morgan fingerprint density at radius 2 is 2.03 bits per heavy atom. The molecular weight excluding hydrogens is 436 g/mol. The molecule has 0 spiro atoms. The third-order valence-corrected chi connectivity index (χ3v) is 6.75. The molecule has 3 aromatic rings. The molecule has 0 aliphatic carbocycles. The second-order valence-corrected chi connectivity index (χ2v) is 9.04. The maximum atomic E-state index is 12.5. The molecule has 1 unspecified atom stereocenters. The Morgan fingerprint density at radius 3 is 2.76 bits per heavy atom. The fourth-order valence-electron chi connectivity index (χ4n) is 3.91. The molecular formula is C25H30N4O3S. The molecule has 174 valence electrons. The molecule has 0 bridgehead atoms. The van der Waals surface area contributed by atoms with Gasteiger partial charge in [0.15, 0.2) is 11.0 Å². The van der Waals surface area contributed by atoms with Crippen molar-refractivity contribution < 1.29 is 14.3 Å². The van der Waals surface area contributed by atoms with Crippen LogP contribution in [0.4, 0.5) is 0 Å². The number of thioether (sulfide) groups is 1. The molecule has 1 N–H and O–H groups in total. The van der Waals surface area contributed by atoms with Crippen molar-refractivity contribution in [1.29, 1.82) is 0 Å². The third kappa shape index (κ3) is 6.15. The molecule has 33 heavy (non-hydrogen) atoms. The second-order valence-electron chi connectivity index (χ2n) is 8.10. The Balaban J connectivity index is 1.40. The largest absolute Gasteiger partial charge is 0.497 e. The van der Waals surface area contributed by atoms with Crippen molar-refractivity contribution >= 4 is 17.7 Å². The minimum Gasteiger partial charge on any atom is -0.497 e. The lowest BCUT2D eigenvalue weighted by Crippen LogP contribution is -2.27. The summed E-state index contributed by atoms with van der Waals surface area (Å²) in [7, 11) is 1.65. The first-order chi connectivity index (χ1) is 16.1. The monoisotopic (exact) mass is 466 g/mol. The van der Waals surface area contributed by atoms with E-state index in [4.69, 9.17) is 9.47 Å². The Labute approximate surface area is 198 Å². The van der Waals surface area contributed by atoms with Crippen LogP contribution in [0.3, 0.4) is 0 Å². The van der Waals surface area contributed by atoms with Crippen molar-refractivity contribution in [3.8, 4) is 17.1 Å². The normalized spacial score (nSPS) is 15.5. The topological polar surface area (TPSA) is 78.3 Å². The summed E-state index contributed by atoms with van der Waals surface area (Å²) in [6.07, 6.45) is 3.04. The minimum atomic E-state index is -0.00810. The molecule has 2 aromatic carbocycles. The Bertz CT molecular complexity index is 1060. The van der Waals surface area contributed by atoms with Crippen molar-refractivity contribution in [3.05, 3.63) is 59.7 Å². The number of nitrogens with one attached hydrogen (secondary N) is 1. The summed E-state index contributed by atoms with van der Waals surface area (Å²) in [6.45, 7) is 4.17. The molecule has 0 radical (unpaired) electrons. The fourth-order valence-corrected chi connectivity index (χ4v) is 4.69. The van der Waals surface area contributed by atoms with Crippen LogP contribution in [0.1, 0.15) is 24.0 Å². The number of hydrogen-bond donors (Lipinski definition) is 1. The molecule has 1 aliphatic heterocycles. The van der Waals surface area contributed by atoms with Crippen molar-refractivity contribution in [2.75, 3.05) is 26.0 Å². The van der Waals surface area contributed by atoms with Crippen LogP contribution in [0.25, 0.3) is 11.4 Å². The Hall–Kier alpha value is -2.84. The van der Waals surface area contributed by atoms with Gasteiger partial charge in [-0.1, -0.05) is 36.0 Å². The van der Waals surface area contributed by atoms with E-state index in [2.05, 4.69) is 39.1 Å². The van der Waals surface area contributed by atoms with Crippen molar-refractivity contribution in [2.24, 2.45) is 0 Å². The lowest BCUT2D eigenvalue weighted by Gasteiger charge is -2.15. The zero-order chi connectivity index (χ0) is 23.0. The highest BCUT2D eigenvalue weighted by Gasteiger charge is 2.22. The molecule has 8 heteroatoms. The summed E-state index contributed by atoms with van der Waals surface area (Å²) in [4.78, 5) is 12.5. The van der Waals surface area contributed by atoms with Gasteiger partial charge in [0.05, 0.1) is 25.5 Å². The number of aryl methyl sites for hydroxylation is 1. The average molecular weight is 467 g/mol. The lowest BCUT2D eigenvalue weighted by atomic mass is 10.1. The van der Waals surface area contributed by atoms with Crippen LogP contribution in [0.2, 0.25) is 0 Å². The summed E-state index contributed by atoms with van der Waals surface area (Å²) in [5.41, 5.74) is 3.45. The summed E-state index contributed by atoms with van der Waals surface area (Å²) in [6, 6.07) is 16.0. The summed E-state index contributed by atoms with van der Waals surface area (Å²) in [5.74, 6) is 1.85. The molecule has 1 amide bonds.